The van der Waals surface area contributed by atoms with Gasteiger partial charge in [0.05, 0.1) is 10.7 Å². The summed E-state index contributed by atoms with van der Waals surface area (Å²) in [5, 5.41) is 15.4. The number of carbonyl (C=O) groups is 1. The maximum absolute atomic E-state index is 12.3. The fourth-order valence-corrected chi connectivity index (χ4v) is 2.87. The van der Waals surface area contributed by atoms with E-state index in [0.717, 1.165) is 0 Å². The van der Waals surface area contributed by atoms with Crippen molar-refractivity contribution in [2.45, 2.75) is 0 Å². The Bertz CT molecular complexity index is 860. The molecule has 25 heavy (non-hydrogen) atoms. The second-order valence-corrected chi connectivity index (χ2v) is 6.30. The predicted octanol–water partition coefficient (Wildman–Crippen LogP) is 3.60. The smallest absolute Gasteiger partial charge is 0.257 e. The zero-order valence-electron chi connectivity index (χ0n) is 12.6. The number of fused-ring (bicyclic) bond motifs is 1. The van der Waals surface area contributed by atoms with E-state index < -0.39 is 5.91 Å². The highest BCUT2D eigenvalue weighted by molar-refractivity contribution is 7.80. The molecule has 9 heteroatoms. The van der Waals surface area contributed by atoms with E-state index in [1.807, 2.05) is 0 Å². The molecule has 1 aliphatic rings. The third-order valence-corrected chi connectivity index (χ3v) is 4.02. The zero-order valence-corrected chi connectivity index (χ0v) is 15.0. The number of hydrogen-bond acceptors (Lipinski definition) is 5. The molecule has 0 bridgehead atoms. The molecule has 0 radical (unpaired) electrons. The van der Waals surface area contributed by atoms with E-state index in [9.17, 15) is 9.90 Å². The number of rotatable bonds is 2. The van der Waals surface area contributed by atoms with Gasteiger partial charge in [-0.3, -0.25) is 10.1 Å². The summed E-state index contributed by atoms with van der Waals surface area (Å²) in [6.07, 6.45) is 0. The quantitative estimate of drug-likeness (QED) is 0.529. The number of anilines is 1. The van der Waals surface area contributed by atoms with Crippen molar-refractivity contribution >= 4 is 52.1 Å². The van der Waals surface area contributed by atoms with Crippen LogP contribution in [0.25, 0.3) is 0 Å². The number of amides is 1. The fourth-order valence-electron chi connectivity index (χ4n) is 2.17. The first kappa shape index (κ1) is 17.6. The average Bonchev–Trinajstić information content (AvgIpc) is 2.58. The molecule has 6 nitrogen and oxygen atoms in total. The van der Waals surface area contributed by atoms with Crippen LogP contribution >= 0.6 is 35.4 Å². The molecule has 0 aromatic heterocycles. The van der Waals surface area contributed by atoms with Gasteiger partial charge in [-0.15, -0.1) is 0 Å². The second-order valence-electron chi connectivity index (χ2n) is 5.05. The van der Waals surface area contributed by atoms with Gasteiger partial charge in [0, 0.05) is 10.6 Å². The molecule has 1 aliphatic heterocycles. The summed E-state index contributed by atoms with van der Waals surface area (Å²) in [6, 6.07) is 7.65. The van der Waals surface area contributed by atoms with Crippen molar-refractivity contribution in [3.8, 4) is 17.2 Å². The Kier molecular flexibility index (Phi) is 5.17. The number of halogens is 2. The molecule has 130 valence electrons. The van der Waals surface area contributed by atoms with E-state index in [0.29, 0.717) is 35.3 Å². The van der Waals surface area contributed by atoms with Crippen LogP contribution in [0.1, 0.15) is 10.4 Å². The minimum Gasteiger partial charge on any atom is -0.504 e. The van der Waals surface area contributed by atoms with E-state index >= 15 is 0 Å². The molecule has 0 unspecified atom stereocenters. The first-order valence-corrected chi connectivity index (χ1v) is 8.30. The first-order chi connectivity index (χ1) is 11.9. The molecule has 3 rings (SSSR count). The van der Waals surface area contributed by atoms with Crippen LogP contribution in [0.3, 0.4) is 0 Å². The number of hydrogen-bond donors (Lipinski definition) is 3. The van der Waals surface area contributed by atoms with Crippen LogP contribution in [0.5, 0.6) is 17.2 Å². The lowest BCUT2D eigenvalue weighted by Gasteiger charge is -2.18. The number of carbonyl (C=O) groups excluding carboxylic acids is 1. The SMILES string of the molecule is O=C(NC(=S)Nc1cc(Cl)cc(Cl)c1O)c1ccc2c(c1)OCCO2. The lowest BCUT2D eigenvalue weighted by molar-refractivity contribution is 0.0976. The monoisotopic (exact) mass is 398 g/mol. The highest BCUT2D eigenvalue weighted by Gasteiger charge is 2.16. The van der Waals surface area contributed by atoms with Gasteiger partial charge < -0.3 is 19.9 Å². The topological polar surface area (TPSA) is 79.8 Å². The Hall–Kier alpha value is -2.22. The van der Waals surface area contributed by atoms with Gasteiger partial charge in [-0.05, 0) is 42.5 Å². The highest BCUT2D eigenvalue weighted by atomic mass is 35.5. The molecular formula is C16H12Cl2N2O4S. The van der Waals surface area contributed by atoms with Gasteiger partial charge in [-0.25, -0.2) is 0 Å². The van der Waals surface area contributed by atoms with Crippen LogP contribution in [-0.4, -0.2) is 29.3 Å². The van der Waals surface area contributed by atoms with Gasteiger partial charge >= 0.3 is 0 Å². The summed E-state index contributed by atoms with van der Waals surface area (Å²) in [7, 11) is 0. The Labute approximate surface area is 158 Å². The number of benzene rings is 2. The summed E-state index contributed by atoms with van der Waals surface area (Å²) >= 11 is 16.8. The van der Waals surface area contributed by atoms with E-state index in [1.54, 1.807) is 18.2 Å². The molecule has 2 aromatic rings. The van der Waals surface area contributed by atoms with Crippen LogP contribution in [0.2, 0.25) is 10.0 Å². The van der Waals surface area contributed by atoms with Gasteiger partial charge in [-0.2, -0.15) is 0 Å². The molecule has 1 amide bonds. The van der Waals surface area contributed by atoms with Crippen molar-refractivity contribution in [1.29, 1.82) is 0 Å². The molecule has 1 heterocycles. The molecule has 0 spiro atoms. The molecular weight excluding hydrogens is 387 g/mol. The van der Waals surface area contributed by atoms with E-state index in [4.69, 9.17) is 44.9 Å². The Morgan fingerprint density at radius 1 is 1.12 bits per heavy atom. The number of phenolic OH excluding ortho intramolecular Hbond substituents is 1. The van der Waals surface area contributed by atoms with Crippen LogP contribution in [0.4, 0.5) is 5.69 Å². The summed E-state index contributed by atoms with van der Waals surface area (Å²) in [5.41, 5.74) is 0.534. The molecule has 0 fully saturated rings. The normalized spacial score (nSPS) is 12.4. The summed E-state index contributed by atoms with van der Waals surface area (Å²) < 4.78 is 10.8. The average molecular weight is 399 g/mol. The van der Waals surface area contributed by atoms with Crippen LogP contribution in [0, 0.1) is 0 Å². The lowest BCUT2D eigenvalue weighted by atomic mass is 10.2. The largest absolute Gasteiger partial charge is 0.504 e. The minimum absolute atomic E-state index is 0.0199. The Balaban J connectivity index is 1.70. The zero-order chi connectivity index (χ0) is 18.0. The third kappa shape index (κ3) is 4.07. The fraction of sp³-hybridized carbons (Fsp3) is 0.125. The van der Waals surface area contributed by atoms with Crippen molar-refractivity contribution in [3.05, 3.63) is 45.9 Å². The molecule has 0 saturated carbocycles. The van der Waals surface area contributed by atoms with Gasteiger partial charge in [0.25, 0.3) is 5.91 Å². The number of phenols is 1. The van der Waals surface area contributed by atoms with Crippen molar-refractivity contribution in [1.82, 2.24) is 5.32 Å². The Morgan fingerprint density at radius 3 is 2.60 bits per heavy atom. The lowest BCUT2D eigenvalue weighted by Crippen LogP contribution is -2.34. The van der Waals surface area contributed by atoms with Crippen LogP contribution < -0.4 is 20.1 Å². The van der Waals surface area contributed by atoms with Crippen molar-refractivity contribution in [2.24, 2.45) is 0 Å². The van der Waals surface area contributed by atoms with Crippen LogP contribution in [-0.2, 0) is 0 Å². The maximum Gasteiger partial charge on any atom is 0.257 e. The summed E-state index contributed by atoms with van der Waals surface area (Å²) in [5.74, 6) is 0.420. The number of aromatic hydroxyl groups is 1. The van der Waals surface area contributed by atoms with Gasteiger partial charge in [0.2, 0.25) is 0 Å². The van der Waals surface area contributed by atoms with Gasteiger partial charge in [-0.1, -0.05) is 23.2 Å². The molecule has 2 aromatic carbocycles. The van der Waals surface area contributed by atoms with Crippen LogP contribution in [0.15, 0.2) is 30.3 Å². The summed E-state index contributed by atoms with van der Waals surface area (Å²) in [6.45, 7) is 0.894. The van der Waals surface area contributed by atoms with E-state index in [1.165, 1.54) is 12.1 Å². The number of ether oxygens (including phenoxy) is 2. The van der Waals surface area contributed by atoms with E-state index in [-0.39, 0.29) is 21.6 Å². The molecule has 0 aliphatic carbocycles. The van der Waals surface area contributed by atoms with E-state index in [2.05, 4.69) is 10.6 Å². The van der Waals surface area contributed by atoms with Crippen molar-refractivity contribution in [2.75, 3.05) is 18.5 Å². The van der Waals surface area contributed by atoms with Crippen molar-refractivity contribution < 1.29 is 19.4 Å². The molecule has 0 atom stereocenters. The third-order valence-electron chi connectivity index (χ3n) is 3.31. The predicted molar refractivity (Wildman–Crippen MR) is 99.2 cm³/mol. The second kappa shape index (κ2) is 7.35. The Morgan fingerprint density at radius 2 is 1.84 bits per heavy atom. The standard InChI is InChI=1S/C16H12Cl2N2O4S/c17-9-6-10(18)14(21)11(7-9)19-16(25)20-15(22)8-1-2-12-13(5-8)24-4-3-23-12/h1-2,5-7,21H,3-4H2,(H2,19,20,22,25). The van der Waals surface area contributed by atoms with Crippen molar-refractivity contribution in [3.63, 3.8) is 0 Å². The molecule has 0 saturated heterocycles. The minimum atomic E-state index is -0.443. The summed E-state index contributed by atoms with van der Waals surface area (Å²) in [4.78, 5) is 12.3. The number of nitrogens with one attached hydrogen (secondary N) is 2. The maximum atomic E-state index is 12.3. The van der Waals surface area contributed by atoms with Gasteiger partial charge in [0.15, 0.2) is 22.4 Å². The number of thiocarbonyl (C=S) groups is 1. The highest BCUT2D eigenvalue weighted by Crippen LogP contribution is 2.35. The molecule has 3 N–H and O–H groups in total. The van der Waals surface area contributed by atoms with Gasteiger partial charge in [0.1, 0.15) is 13.2 Å². The first-order valence-electron chi connectivity index (χ1n) is 7.14.